The van der Waals surface area contributed by atoms with Crippen LogP contribution in [0.4, 0.5) is 5.69 Å². The van der Waals surface area contributed by atoms with E-state index >= 15 is 0 Å². The molecule has 0 aromatic heterocycles. The highest BCUT2D eigenvalue weighted by Gasteiger charge is 2.76. The molecule has 0 bridgehead atoms. The second-order valence-electron chi connectivity index (χ2n) is 11.8. The lowest BCUT2D eigenvalue weighted by atomic mass is 9.73. The average molecular weight is 570 g/mol. The number of aliphatic hydroxyl groups excluding tert-OH is 1. The van der Waals surface area contributed by atoms with Crippen LogP contribution in [0.15, 0.2) is 48.6 Å². The van der Waals surface area contributed by atoms with E-state index in [2.05, 4.69) is 0 Å². The Morgan fingerprint density at radius 1 is 1.02 bits per heavy atom. The van der Waals surface area contributed by atoms with Gasteiger partial charge in [0.25, 0.3) is 5.91 Å². The Hall–Kier alpha value is -2.68. The summed E-state index contributed by atoms with van der Waals surface area (Å²) in [5.74, 6) is -2.30. The van der Waals surface area contributed by atoms with Gasteiger partial charge < -0.3 is 24.5 Å². The van der Waals surface area contributed by atoms with E-state index in [4.69, 9.17) is 16.3 Å². The van der Waals surface area contributed by atoms with Crippen molar-refractivity contribution >= 4 is 35.0 Å². The highest BCUT2D eigenvalue weighted by atomic mass is 35.5. The van der Waals surface area contributed by atoms with Gasteiger partial charge >= 0.3 is 0 Å². The Labute approximate surface area is 241 Å². The van der Waals surface area contributed by atoms with E-state index < -0.39 is 35.1 Å². The standard InChI is InChI=1S/C31H40ClN3O5/c1-5-15-33-16-9-13-30(6-2)24(27(33)37)25-28(38)35(21(19-36)18-20(3)4)26-29(39)34(17-10-14-31(25,26)40-30)23-12-8-7-11-22(23)32/h7-14,20-21,24-26,36H,5-6,15-19H2,1-4H3/t21-,24-,25+,26?,30+,31+/m1/s1. The minimum Gasteiger partial charge on any atom is -0.394 e. The molecular formula is C31H40ClN3O5. The van der Waals surface area contributed by atoms with E-state index in [-0.39, 0.29) is 36.8 Å². The first kappa shape index (κ1) is 28.8. The maximum atomic E-state index is 14.7. The number of carbonyl (C=O) groups is 3. The van der Waals surface area contributed by atoms with E-state index in [0.717, 1.165) is 6.42 Å². The largest absolute Gasteiger partial charge is 0.394 e. The molecule has 1 aromatic rings. The molecule has 9 heteroatoms. The van der Waals surface area contributed by atoms with Gasteiger partial charge in [0.05, 0.1) is 40.8 Å². The SMILES string of the molecule is CCCN1CC=C[C@]2(CC)O[C@]34C=CCN(c5ccccc5Cl)C(=O)C3N([C@@H](CO)CC(C)C)C(=O)[C@@H]4[C@@H]2C1=O. The molecular weight excluding hydrogens is 530 g/mol. The van der Waals surface area contributed by atoms with Crippen molar-refractivity contribution in [2.45, 2.75) is 70.2 Å². The van der Waals surface area contributed by atoms with Gasteiger partial charge in [-0.15, -0.1) is 0 Å². The Morgan fingerprint density at radius 3 is 2.40 bits per heavy atom. The lowest BCUT2D eigenvalue weighted by Gasteiger charge is -2.41. The van der Waals surface area contributed by atoms with Gasteiger partial charge in [0.2, 0.25) is 11.8 Å². The Kier molecular flexibility index (Phi) is 7.89. The normalized spacial score (nSPS) is 32.3. The summed E-state index contributed by atoms with van der Waals surface area (Å²) < 4.78 is 7.01. The Morgan fingerprint density at radius 2 is 1.75 bits per heavy atom. The number of halogens is 1. The molecule has 1 spiro atoms. The second-order valence-corrected chi connectivity index (χ2v) is 12.2. The Balaban J connectivity index is 1.70. The van der Waals surface area contributed by atoms with Crippen molar-refractivity contribution in [1.82, 2.24) is 9.80 Å². The molecule has 0 aliphatic carbocycles. The fourth-order valence-electron chi connectivity index (χ4n) is 7.32. The third-order valence-corrected chi connectivity index (χ3v) is 9.27. The van der Waals surface area contributed by atoms with Crippen LogP contribution in [0.5, 0.6) is 0 Å². The first-order valence-corrected chi connectivity index (χ1v) is 14.9. The van der Waals surface area contributed by atoms with Crippen molar-refractivity contribution in [3.8, 4) is 0 Å². The van der Waals surface area contributed by atoms with Gasteiger partial charge in [0.1, 0.15) is 11.6 Å². The fraction of sp³-hybridized carbons (Fsp3) is 0.581. The zero-order valence-corrected chi connectivity index (χ0v) is 24.5. The van der Waals surface area contributed by atoms with E-state index in [1.54, 1.807) is 28.0 Å². The predicted molar refractivity (Wildman–Crippen MR) is 154 cm³/mol. The molecule has 4 aliphatic heterocycles. The molecule has 0 radical (unpaired) electrons. The van der Waals surface area contributed by atoms with Gasteiger partial charge in [0.15, 0.2) is 0 Å². The van der Waals surface area contributed by atoms with Gasteiger partial charge in [-0.25, -0.2) is 0 Å². The lowest BCUT2D eigenvalue weighted by molar-refractivity contribution is -0.153. The van der Waals surface area contributed by atoms with Crippen molar-refractivity contribution in [2.24, 2.45) is 17.8 Å². The van der Waals surface area contributed by atoms with E-state index in [1.165, 1.54) is 4.90 Å². The van der Waals surface area contributed by atoms with Crippen molar-refractivity contribution in [3.05, 3.63) is 53.6 Å². The topological polar surface area (TPSA) is 90.4 Å². The van der Waals surface area contributed by atoms with Crippen molar-refractivity contribution < 1.29 is 24.2 Å². The summed E-state index contributed by atoms with van der Waals surface area (Å²) in [7, 11) is 0. The third-order valence-electron chi connectivity index (χ3n) is 8.95. The maximum Gasteiger partial charge on any atom is 0.253 e. The number of hydrogen-bond acceptors (Lipinski definition) is 5. The zero-order chi connectivity index (χ0) is 28.8. The lowest BCUT2D eigenvalue weighted by Crippen LogP contribution is -2.59. The average Bonchev–Trinajstić information content (AvgIpc) is 3.23. The molecule has 2 fully saturated rings. The maximum absolute atomic E-state index is 14.7. The number of para-hydroxylation sites is 1. The van der Waals surface area contributed by atoms with Crippen LogP contribution in [-0.4, -0.2) is 82.2 Å². The summed E-state index contributed by atoms with van der Waals surface area (Å²) >= 11 is 6.55. The summed E-state index contributed by atoms with van der Waals surface area (Å²) in [6.07, 6.45) is 9.37. The second kappa shape index (κ2) is 11.0. The summed E-state index contributed by atoms with van der Waals surface area (Å²) in [5, 5.41) is 11.0. The van der Waals surface area contributed by atoms with Crippen molar-refractivity contribution in [2.75, 3.05) is 31.1 Å². The van der Waals surface area contributed by atoms with E-state index in [9.17, 15) is 19.5 Å². The number of hydrogen-bond donors (Lipinski definition) is 1. The van der Waals surface area contributed by atoms with Crippen molar-refractivity contribution in [1.29, 1.82) is 0 Å². The van der Waals surface area contributed by atoms with E-state index in [1.807, 2.05) is 58.1 Å². The van der Waals surface area contributed by atoms with Crippen LogP contribution in [0.3, 0.4) is 0 Å². The number of rotatable bonds is 8. The van der Waals surface area contributed by atoms with Crippen LogP contribution >= 0.6 is 11.6 Å². The molecule has 5 rings (SSSR count). The minimum atomic E-state index is -1.37. The van der Waals surface area contributed by atoms with Crippen LogP contribution in [0.1, 0.15) is 47.0 Å². The van der Waals surface area contributed by atoms with Crippen LogP contribution in [0.25, 0.3) is 0 Å². The molecule has 1 aromatic carbocycles. The number of benzene rings is 1. The van der Waals surface area contributed by atoms with Gasteiger partial charge in [-0.05, 0) is 37.3 Å². The number of anilines is 1. The number of nitrogens with zero attached hydrogens (tertiary/aromatic N) is 3. The highest BCUT2D eigenvalue weighted by Crippen LogP contribution is 2.59. The number of amides is 3. The number of carbonyl (C=O) groups excluding carboxylic acids is 3. The van der Waals surface area contributed by atoms with Crippen LogP contribution in [-0.2, 0) is 19.1 Å². The van der Waals surface area contributed by atoms with Crippen LogP contribution in [0, 0.1) is 17.8 Å². The Bertz CT molecular complexity index is 1230. The number of ether oxygens (including phenoxy) is 1. The van der Waals surface area contributed by atoms with Crippen molar-refractivity contribution in [3.63, 3.8) is 0 Å². The fourth-order valence-corrected chi connectivity index (χ4v) is 7.56. The monoisotopic (exact) mass is 569 g/mol. The molecule has 1 N–H and O–H groups in total. The molecule has 8 nitrogen and oxygen atoms in total. The smallest absolute Gasteiger partial charge is 0.253 e. The van der Waals surface area contributed by atoms with Gasteiger partial charge in [-0.1, -0.05) is 75.7 Å². The highest BCUT2D eigenvalue weighted by molar-refractivity contribution is 6.34. The summed E-state index contributed by atoms with van der Waals surface area (Å²) in [4.78, 5) is 48.4. The minimum absolute atomic E-state index is 0.123. The van der Waals surface area contributed by atoms with Gasteiger partial charge in [-0.3, -0.25) is 14.4 Å². The van der Waals surface area contributed by atoms with Crippen LogP contribution in [0.2, 0.25) is 5.02 Å². The molecule has 40 heavy (non-hydrogen) atoms. The van der Waals surface area contributed by atoms with Gasteiger partial charge in [-0.2, -0.15) is 0 Å². The molecule has 216 valence electrons. The third kappa shape index (κ3) is 4.30. The summed E-state index contributed by atoms with van der Waals surface area (Å²) in [5.41, 5.74) is -1.86. The number of fused-ring (bicyclic) bond motifs is 2. The molecule has 4 heterocycles. The molecule has 6 atom stereocenters. The zero-order valence-electron chi connectivity index (χ0n) is 23.8. The number of aliphatic hydroxyl groups is 1. The molecule has 1 unspecified atom stereocenters. The first-order chi connectivity index (χ1) is 19.2. The van der Waals surface area contributed by atoms with E-state index in [0.29, 0.717) is 36.6 Å². The number of likely N-dealkylation sites (tertiary alicyclic amines) is 1. The molecule has 4 aliphatic rings. The van der Waals surface area contributed by atoms with Crippen LogP contribution < -0.4 is 4.90 Å². The molecule has 3 amide bonds. The predicted octanol–water partition coefficient (Wildman–Crippen LogP) is 3.82. The molecule has 0 saturated carbocycles. The first-order valence-electron chi connectivity index (χ1n) is 14.5. The summed E-state index contributed by atoms with van der Waals surface area (Å²) in [6.45, 7) is 8.99. The quantitative estimate of drug-likeness (QED) is 0.481. The van der Waals surface area contributed by atoms with Gasteiger partial charge in [0, 0.05) is 19.6 Å². The molecule has 2 saturated heterocycles. The summed E-state index contributed by atoms with van der Waals surface area (Å²) in [6, 6.07) is 5.46.